The highest BCUT2D eigenvalue weighted by atomic mass is 79.9. The van der Waals surface area contributed by atoms with Gasteiger partial charge < -0.3 is 4.90 Å². The highest BCUT2D eigenvalue weighted by molar-refractivity contribution is 9.11. The first-order valence-corrected chi connectivity index (χ1v) is 10.3. The number of halogens is 2. The Morgan fingerprint density at radius 2 is 1.90 bits per heavy atom. The number of hydrogen-bond donors (Lipinski definition) is 1. The first-order valence-electron chi connectivity index (χ1n) is 5.99. The Balaban J connectivity index is 2.08. The van der Waals surface area contributed by atoms with Crippen LogP contribution in [0.4, 0.5) is 5.69 Å². The molecule has 4 nitrogen and oxygen atoms in total. The van der Waals surface area contributed by atoms with Crippen molar-refractivity contribution in [3.8, 4) is 0 Å². The van der Waals surface area contributed by atoms with Crippen LogP contribution >= 0.6 is 43.6 Å². The van der Waals surface area contributed by atoms with E-state index in [1.807, 2.05) is 24.0 Å². The maximum Gasteiger partial charge on any atom is 0.161 e. The molecular formula is C12H12Br2N2O2S2. The van der Waals surface area contributed by atoms with Crippen LogP contribution in [0.3, 0.4) is 0 Å². The lowest BCUT2D eigenvalue weighted by molar-refractivity contribution is 0.601. The molecule has 0 spiro atoms. The molecule has 1 N–H and O–H groups in total. The van der Waals surface area contributed by atoms with E-state index in [2.05, 4.69) is 31.9 Å². The molecule has 2 aliphatic heterocycles. The molecule has 108 valence electrons. The third kappa shape index (κ3) is 2.44. The lowest BCUT2D eigenvalue weighted by Gasteiger charge is -2.26. The number of anilines is 1. The summed E-state index contributed by atoms with van der Waals surface area (Å²) in [6.07, 6.45) is 0. The number of hydrogen-bond acceptors (Lipinski definition) is 4. The number of benzene rings is 1. The van der Waals surface area contributed by atoms with Crippen LogP contribution in [0, 0.1) is 12.3 Å². The van der Waals surface area contributed by atoms with Gasteiger partial charge in [-0.1, -0.05) is 11.8 Å². The van der Waals surface area contributed by atoms with E-state index in [-0.39, 0.29) is 22.8 Å². The Morgan fingerprint density at radius 3 is 2.50 bits per heavy atom. The molecule has 2 heterocycles. The summed E-state index contributed by atoms with van der Waals surface area (Å²) in [5, 5.41) is 8.55. The number of amidine groups is 1. The summed E-state index contributed by atoms with van der Waals surface area (Å²) in [5.41, 5.74) is 1.94. The van der Waals surface area contributed by atoms with Gasteiger partial charge in [-0.25, -0.2) is 8.42 Å². The Morgan fingerprint density at radius 1 is 1.30 bits per heavy atom. The quantitative estimate of drug-likeness (QED) is 0.729. The van der Waals surface area contributed by atoms with Crippen molar-refractivity contribution in [1.82, 2.24) is 0 Å². The van der Waals surface area contributed by atoms with Crippen LogP contribution in [0.25, 0.3) is 0 Å². The third-order valence-electron chi connectivity index (χ3n) is 3.49. The standard InChI is InChI=1S/C12H12Br2N2O2S2/c1-6-2-7(13)11(8(14)3-6)16-9-4-20(17,18)5-10(9)19-12(16)15/h2-3,9-10,15H,4-5H2,1H3/t9-,10-/m1/s1. The topological polar surface area (TPSA) is 61.2 Å². The van der Waals surface area contributed by atoms with Gasteiger partial charge in [0.2, 0.25) is 0 Å². The van der Waals surface area contributed by atoms with Crippen LogP contribution in [0.15, 0.2) is 21.1 Å². The Hall–Kier alpha value is -0.0500. The molecule has 0 bridgehead atoms. The van der Waals surface area contributed by atoms with Crippen LogP contribution in [-0.4, -0.2) is 36.4 Å². The number of thioether (sulfide) groups is 1. The molecule has 3 rings (SSSR count). The fourth-order valence-electron chi connectivity index (χ4n) is 2.69. The van der Waals surface area contributed by atoms with Crippen molar-refractivity contribution in [2.45, 2.75) is 18.2 Å². The molecule has 20 heavy (non-hydrogen) atoms. The molecule has 8 heteroatoms. The van der Waals surface area contributed by atoms with Crippen LogP contribution < -0.4 is 4.90 Å². The average molecular weight is 440 g/mol. The normalized spacial score (nSPS) is 27.9. The Kier molecular flexibility index (Phi) is 3.72. The van der Waals surface area contributed by atoms with Gasteiger partial charge in [-0.05, 0) is 56.5 Å². The smallest absolute Gasteiger partial charge is 0.161 e. The van der Waals surface area contributed by atoms with Crippen molar-refractivity contribution in [1.29, 1.82) is 5.41 Å². The van der Waals surface area contributed by atoms with Gasteiger partial charge >= 0.3 is 0 Å². The summed E-state index contributed by atoms with van der Waals surface area (Å²) >= 11 is 8.42. The number of fused-ring (bicyclic) bond motifs is 1. The highest BCUT2D eigenvalue weighted by Gasteiger charge is 2.49. The number of nitrogens with one attached hydrogen (secondary N) is 1. The Labute approximate surface area is 139 Å². The van der Waals surface area contributed by atoms with Crippen molar-refractivity contribution < 1.29 is 8.42 Å². The van der Waals surface area contributed by atoms with Gasteiger partial charge in [0, 0.05) is 14.2 Å². The van der Waals surface area contributed by atoms with Crippen LogP contribution in [0.5, 0.6) is 0 Å². The largest absolute Gasteiger partial charge is 0.314 e. The van der Waals surface area contributed by atoms with Crippen molar-refractivity contribution >= 4 is 64.3 Å². The minimum atomic E-state index is -2.99. The summed E-state index contributed by atoms with van der Waals surface area (Å²) < 4.78 is 25.4. The van der Waals surface area contributed by atoms with Gasteiger partial charge in [0.05, 0.1) is 23.2 Å². The molecule has 2 saturated heterocycles. The Bertz CT molecular complexity index is 682. The number of rotatable bonds is 1. The van der Waals surface area contributed by atoms with E-state index in [1.54, 1.807) is 0 Å². The maximum atomic E-state index is 11.8. The zero-order valence-corrected chi connectivity index (χ0v) is 15.4. The molecule has 0 amide bonds. The monoisotopic (exact) mass is 438 g/mol. The first kappa shape index (κ1) is 14.9. The van der Waals surface area contributed by atoms with Crippen molar-refractivity contribution in [3.05, 3.63) is 26.6 Å². The molecular weight excluding hydrogens is 428 g/mol. The van der Waals surface area contributed by atoms with Gasteiger partial charge in [0.1, 0.15) is 0 Å². The number of sulfone groups is 1. The second-order valence-electron chi connectivity index (χ2n) is 5.05. The van der Waals surface area contributed by atoms with Crippen LogP contribution in [0.2, 0.25) is 0 Å². The fraction of sp³-hybridized carbons (Fsp3) is 0.417. The maximum absolute atomic E-state index is 11.8. The SMILES string of the molecule is Cc1cc(Br)c(N2C(=N)S[C@@H]3CS(=O)(=O)C[C@H]32)c(Br)c1. The molecule has 2 fully saturated rings. The van der Waals surface area contributed by atoms with Gasteiger partial charge in [0.25, 0.3) is 0 Å². The first-order chi connectivity index (χ1) is 9.28. The summed E-state index contributed by atoms with van der Waals surface area (Å²) in [7, 11) is -2.99. The van der Waals surface area contributed by atoms with E-state index >= 15 is 0 Å². The van der Waals surface area contributed by atoms with E-state index in [9.17, 15) is 8.42 Å². The molecule has 0 radical (unpaired) electrons. The van der Waals surface area contributed by atoms with E-state index in [0.29, 0.717) is 5.17 Å². The second-order valence-corrected chi connectivity index (χ2v) is 10.1. The van der Waals surface area contributed by atoms with E-state index in [1.165, 1.54) is 11.8 Å². The minimum absolute atomic E-state index is 0.0346. The molecule has 0 saturated carbocycles. The summed E-state index contributed by atoms with van der Waals surface area (Å²) in [6, 6.07) is 3.82. The lowest BCUT2D eigenvalue weighted by Crippen LogP contribution is -2.37. The predicted molar refractivity (Wildman–Crippen MR) is 90.6 cm³/mol. The minimum Gasteiger partial charge on any atom is -0.314 e. The zero-order valence-electron chi connectivity index (χ0n) is 10.6. The molecule has 2 aliphatic rings. The van der Waals surface area contributed by atoms with Gasteiger partial charge in [-0.2, -0.15) is 0 Å². The lowest BCUT2D eigenvalue weighted by atomic mass is 10.1. The third-order valence-corrected chi connectivity index (χ3v) is 7.83. The van der Waals surface area contributed by atoms with Gasteiger partial charge in [-0.3, -0.25) is 5.41 Å². The zero-order chi connectivity index (χ0) is 14.7. The van der Waals surface area contributed by atoms with E-state index < -0.39 is 9.84 Å². The summed E-state index contributed by atoms with van der Waals surface area (Å²) in [4.78, 5) is 1.84. The number of aryl methyl sites for hydroxylation is 1. The van der Waals surface area contributed by atoms with Crippen molar-refractivity contribution in [2.75, 3.05) is 16.4 Å². The molecule has 1 aromatic rings. The molecule has 2 atom stereocenters. The number of nitrogens with zero attached hydrogens (tertiary/aromatic N) is 1. The molecule has 0 aromatic heterocycles. The van der Waals surface area contributed by atoms with Gasteiger partial charge in [-0.15, -0.1) is 0 Å². The molecule has 0 unspecified atom stereocenters. The van der Waals surface area contributed by atoms with Crippen molar-refractivity contribution in [2.24, 2.45) is 0 Å². The van der Waals surface area contributed by atoms with Crippen molar-refractivity contribution in [3.63, 3.8) is 0 Å². The molecule has 0 aliphatic carbocycles. The fourth-order valence-corrected chi connectivity index (χ4v) is 8.27. The summed E-state index contributed by atoms with van der Waals surface area (Å²) in [6.45, 7) is 1.99. The summed E-state index contributed by atoms with van der Waals surface area (Å²) in [5.74, 6) is 0.294. The average Bonchev–Trinajstić information content (AvgIpc) is 2.70. The predicted octanol–water partition coefficient (Wildman–Crippen LogP) is 3.17. The van der Waals surface area contributed by atoms with Crippen LogP contribution in [0.1, 0.15) is 5.56 Å². The van der Waals surface area contributed by atoms with E-state index in [0.717, 1.165) is 20.2 Å². The second kappa shape index (κ2) is 5.00. The van der Waals surface area contributed by atoms with Gasteiger partial charge in [0.15, 0.2) is 15.0 Å². The van der Waals surface area contributed by atoms with Crippen LogP contribution in [-0.2, 0) is 9.84 Å². The van der Waals surface area contributed by atoms with E-state index in [4.69, 9.17) is 5.41 Å². The molecule has 1 aromatic carbocycles. The highest BCUT2D eigenvalue weighted by Crippen LogP contribution is 2.45.